The van der Waals surface area contributed by atoms with Crippen molar-refractivity contribution in [2.24, 2.45) is 0 Å². The van der Waals surface area contributed by atoms with Gasteiger partial charge in [-0.15, -0.1) is 0 Å². The van der Waals surface area contributed by atoms with Gasteiger partial charge < -0.3 is 25.2 Å². The number of hydrogen-bond acceptors (Lipinski definition) is 10. The number of anilines is 5. The Bertz CT molecular complexity index is 1870. The smallest absolute Gasteiger partial charge is 0.276 e. The third-order valence-corrected chi connectivity index (χ3v) is 9.30. The fourth-order valence-corrected chi connectivity index (χ4v) is 6.55. The molecule has 242 valence electrons. The van der Waals surface area contributed by atoms with Crippen LogP contribution in [0.5, 0.6) is 0 Å². The van der Waals surface area contributed by atoms with Crippen LogP contribution in [0.25, 0.3) is 11.0 Å². The predicted octanol–water partition coefficient (Wildman–Crippen LogP) is 5.54. The quantitative estimate of drug-likeness (QED) is 0.215. The first kappa shape index (κ1) is 30.8. The molecular formula is C36H41N9O2. The number of ether oxygens (including phenoxy) is 1. The van der Waals surface area contributed by atoms with Crippen LogP contribution in [-0.4, -0.2) is 75.8 Å². The lowest BCUT2D eigenvalue weighted by molar-refractivity contribution is 0.0842. The molecule has 2 aliphatic heterocycles. The zero-order chi connectivity index (χ0) is 32.2. The van der Waals surface area contributed by atoms with Gasteiger partial charge in [0.1, 0.15) is 17.7 Å². The number of nitrogens with one attached hydrogen (secondary N) is 2. The second-order valence-electron chi connectivity index (χ2n) is 12.5. The molecule has 0 aliphatic carbocycles. The summed E-state index contributed by atoms with van der Waals surface area (Å²) in [5.41, 5.74) is 5.67. The number of piperidine rings is 1. The lowest BCUT2D eigenvalue weighted by Gasteiger charge is -2.30. The number of para-hydroxylation sites is 1. The topological polar surface area (TPSA) is 113 Å². The van der Waals surface area contributed by atoms with Crippen LogP contribution in [0.1, 0.15) is 42.9 Å². The van der Waals surface area contributed by atoms with Crippen LogP contribution in [0.4, 0.5) is 28.7 Å². The minimum atomic E-state index is -0.153. The summed E-state index contributed by atoms with van der Waals surface area (Å²) in [5, 5.41) is 7.77. The molecule has 11 nitrogen and oxygen atoms in total. The van der Waals surface area contributed by atoms with E-state index in [0.29, 0.717) is 36.5 Å². The molecule has 0 radical (unpaired) electrons. The number of nitrogens with zero attached hydrogens (tertiary/aromatic N) is 7. The van der Waals surface area contributed by atoms with Gasteiger partial charge in [0.15, 0.2) is 0 Å². The Morgan fingerprint density at radius 1 is 0.936 bits per heavy atom. The summed E-state index contributed by atoms with van der Waals surface area (Å²) < 4.78 is 7.34. The van der Waals surface area contributed by atoms with Crippen molar-refractivity contribution in [2.45, 2.75) is 44.2 Å². The molecule has 0 bridgehead atoms. The van der Waals surface area contributed by atoms with Crippen molar-refractivity contribution in [3.8, 4) is 0 Å². The number of fused-ring (bicyclic) bond motifs is 1. The van der Waals surface area contributed by atoms with Gasteiger partial charge in [-0.1, -0.05) is 18.2 Å². The monoisotopic (exact) mass is 631 g/mol. The zero-order valence-corrected chi connectivity index (χ0v) is 27.0. The average Bonchev–Trinajstić information content (AvgIpc) is 3.12. The van der Waals surface area contributed by atoms with Crippen LogP contribution in [0.3, 0.4) is 0 Å². The van der Waals surface area contributed by atoms with Crippen LogP contribution in [0.2, 0.25) is 0 Å². The van der Waals surface area contributed by atoms with E-state index >= 15 is 0 Å². The summed E-state index contributed by atoms with van der Waals surface area (Å²) >= 11 is 0. The molecule has 11 heteroatoms. The van der Waals surface area contributed by atoms with E-state index in [9.17, 15) is 4.79 Å². The van der Waals surface area contributed by atoms with Crippen molar-refractivity contribution in [3.63, 3.8) is 0 Å². The molecule has 5 heterocycles. The van der Waals surface area contributed by atoms with Crippen LogP contribution in [0.15, 0.2) is 84.2 Å². The van der Waals surface area contributed by atoms with Crippen LogP contribution >= 0.6 is 0 Å². The van der Waals surface area contributed by atoms with Crippen molar-refractivity contribution in [1.82, 2.24) is 29.4 Å². The lowest BCUT2D eigenvalue weighted by Crippen LogP contribution is -2.36. The Morgan fingerprint density at radius 2 is 1.68 bits per heavy atom. The minimum absolute atomic E-state index is 0.153. The SMILES string of the molecule is CN1CCC(Nc2ccc(Nc3ncc4cc(N(C)c5ccccc5)c(=O)n(Cc5cncnc5C5CCOCC5)c4n3)cc2)CC1. The van der Waals surface area contributed by atoms with Gasteiger partial charge in [-0.2, -0.15) is 4.98 Å². The van der Waals surface area contributed by atoms with Gasteiger partial charge in [0.25, 0.3) is 5.56 Å². The normalized spacial score (nSPS) is 16.3. The van der Waals surface area contributed by atoms with Crippen molar-refractivity contribution in [3.05, 3.63) is 101 Å². The molecule has 2 aromatic carbocycles. The third-order valence-electron chi connectivity index (χ3n) is 9.30. The second kappa shape index (κ2) is 13.9. The Morgan fingerprint density at radius 3 is 2.45 bits per heavy atom. The molecular weight excluding hydrogens is 590 g/mol. The lowest BCUT2D eigenvalue weighted by atomic mass is 9.93. The van der Waals surface area contributed by atoms with Crippen molar-refractivity contribution >= 4 is 39.7 Å². The Labute approximate surface area is 274 Å². The second-order valence-corrected chi connectivity index (χ2v) is 12.5. The highest BCUT2D eigenvalue weighted by Gasteiger charge is 2.23. The summed E-state index contributed by atoms with van der Waals surface area (Å²) in [6.45, 7) is 3.91. The van der Waals surface area contributed by atoms with Gasteiger partial charge in [0, 0.05) is 72.6 Å². The summed E-state index contributed by atoms with van der Waals surface area (Å²) in [5.74, 6) is 0.669. The molecule has 7 rings (SSSR count). The standard InChI is InChI=1S/C36H41N9O2/c1-43-16-12-30(13-17-43)40-28-8-10-29(11-9-28)41-36-38-22-26-20-32(44(2)31-6-4-3-5-7-31)35(46)45(34(26)42-36)23-27-21-37-24-39-33(27)25-14-18-47-19-15-25/h3-11,20-22,24-25,30,40H,12-19,23H2,1-2H3,(H,38,41,42). The number of pyridine rings is 1. The first-order valence-corrected chi connectivity index (χ1v) is 16.4. The number of likely N-dealkylation sites (tertiary alicyclic amines) is 1. The Balaban J connectivity index is 1.22. The first-order valence-electron chi connectivity index (χ1n) is 16.4. The van der Waals surface area contributed by atoms with Gasteiger partial charge in [-0.3, -0.25) is 9.36 Å². The molecule has 2 saturated heterocycles. The van der Waals surface area contributed by atoms with E-state index in [2.05, 4.69) is 49.7 Å². The molecule has 0 atom stereocenters. The maximum Gasteiger partial charge on any atom is 0.276 e. The van der Waals surface area contributed by atoms with Gasteiger partial charge in [-0.25, -0.2) is 15.0 Å². The number of benzene rings is 2. The molecule has 0 spiro atoms. The molecule has 0 amide bonds. The van der Waals surface area contributed by atoms with E-state index in [1.54, 1.807) is 17.1 Å². The molecule has 2 N–H and O–H groups in total. The van der Waals surface area contributed by atoms with E-state index in [1.165, 1.54) is 0 Å². The fraction of sp³-hybridized carbons (Fsp3) is 0.361. The molecule has 3 aromatic heterocycles. The average molecular weight is 632 g/mol. The maximum absolute atomic E-state index is 14.3. The maximum atomic E-state index is 14.3. The molecule has 2 aliphatic rings. The molecule has 5 aromatic rings. The molecule has 2 fully saturated rings. The van der Waals surface area contributed by atoms with Gasteiger partial charge in [0.2, 0.25) is 5.95 Å². The first-order chi connectivity index (χ1) is 23.0. The van der Waals surface area contributed by atoms with E-state index in [4.69, 9.17) is 9.72 Å². The van der Waals surface area contributed by atoms with Crippen LogP contribution < -0.4 is 21.1 Å². The molecule has 0 unspecified atom stereocenters. The predicted molar refractivity (Wildman–Crippen MR) is 186 cm³/mol. The van der Waals surface area contributed by atoms with Crippen molar-refractivity contribution < 1.29 is 4.74 Å². The summed E-state index contributed by atoms with van der Waals surface area (Å²) in [6.07, 6.45) is 9.24. The molecule has 0 saturated carbocycles. The highest BCUT2D eigenvalue weighted by molar-refractivity contribution is 5.81. The van der Waals surface area contributed by atoms with Gasteiger partial charge in [0.05, 0.1) is 12.2 Å². The van der Waals surface area contributed by atoms with Crippen molar-refractivity contribution in [2.75, 3.05) is 55.9 Å². The fourth-order valence-electron chi connectivity index (χ4n) is 6.55. The van der Waals surface area contributed by atoms with Gasteiger partial charge >= 0.3 is 0 Å². The number of hydrogen-bond donors (Lipinski definition) is 2. The van der Waals surface area contributed by atoms with Gasteiger partial charge in [-0.05, 0) is 88.3 Å². The third kappa shape index (κ3) is 6.96. The van der Waals surface area contributed by atoms with E-state index in [0.717, 1.165) is 72.5 Å². The van der Waals surface area contributed by atoms with Crippen LogP contribution in [0, 0.1) is 0 Å². The largest absolute Gasteiger partial charge is 0.382 e. The van der Waals surface area contributed by atoms with E-state index in [1.807, 2.05) is 66.7 Å². The van der Waals surface area contributed by atoms with E-state index in [-0.39, 0.29) is 18.0 Å². The molecule has 47 heavy (non-hydrogen) atoms. The Hall–Kier alpha value is -4.87. The summed E-state index contributed by atoms with van der Waals surface area (Å²) in [6, 6.07) is 20.4. The Kier molecular flexibility index (Phi) is 9.07. The number of rotatable bonds is 9. The zero-order valence-electron chi connectivity index (χ0n) is 27.0. The summed E-state index contributed by atoms with van der Waals surface area (Å²) in [4.78, 5) is 37.2. The summed E-state index contributed by atoms with van der Waals surface area (Å²) in [7, 11) is 4.08. The number of aromatic nitrogens is 5. The van der Waals surface area contributed by atoms with Crippen molar-refractivity contribution in [1.29, 1.82) is 0 Å². The minimum Gasteiger partial charge on any atom is -0.382 e. The highest BCUT2D eigenvalue weighted by atomic mass is 16.5. The van der Waals surface area contributed by atoms with E-state index < -0.39 is 0 Å². The highest BCUT2D eigenvalue weighted by Crippen LogP contribution is 2.29. The van der Waals surface area contributed by atoms with Crippen LogP contribution in [-0.2, 0) is 11.3 Å².